The lowest BCUT2D eigenvalue weighted by molar-refractivity contribution is 1.30. The fourth-order valence-electron chi connectivity index (χ4n) is 7.19. The van der Waals surface area contributed by atoms with Crippen molar-refractivity contribution in [3.63, 3.8) is 0 Å². The molecule has 0 atom stereocenters. The number of thiophene rings is 2. The van der Waals surface area contributed by atoms with Gasteiger partial charge in [0.25, 0.3) is 0 Å². The molecule has 0 fully saturated rings. The Morgan fingerprint density at radius 2 is 0.735 bits per heavy atom. The molecule has 0 aliphatic carbocycles. The molecule has 230 valence electrons. The Morgan fingerprint density at radius 3 is 1.31 bits per heavy atom. The summed E-state index contributed by atoms with van der Waals surface area (Å²) in [6.07, 6.45) is 0. The fraction of sp³-hybridized carbons (Fsp3) is 0. The minimum atomic E-state index is 1.14. The van der Waals surface area contributed by atoms with Gasteiger partial charge in [0, 0.05) is 57.4 Å². The van der Waals surface area contributed by atoms with E-state index in [0.29, 0.717) is 0 Å². The monoisotopic (exact) mass is 659 g/mol. The van der Waals surface area contributed by atoms with Gasteiger partial charge in [-0.25, -0.2) is 0 Å². The number of benzene rings is 8. The van der Waals surface area contributed by atoms with Crippen molar-refractivity contribution in [3.8, 4) is 22.3 Å². The molecule has 0 saturated carbocycles. The number of hydrogen-bond acceptors (Lipinski definition) is 3. The third kappa shape index (κ3) is 4.90. The van der Waals surface area contributed by atoms with E-state index in [9.17, 15) is 0 Å². The van der Waals surface area contributed by atoms with Crippen LogP contribution in [0.25, 0.3) is 73.4 Å². The largest absolute Gasteiger partial charge is 0.310 e. The van der Waals surface area contributed by atoms with Crippen molar-refractivity contribution >= 4 is 90.9 Å². The first kappa shape index (κ1) is 28.3. The van der Waals surface area contributed by atoms with Gasteiger partial charge in [-0.3, -0.25) is 0 Å². The van der Waals surface area contributed by atoms with Crippen LogP contribution in [0.1, 0.15) is 0 Å². The molecule has 1 nitrogen and oxygen atoms in total. The predicted octanol–water partition coefficient (Wildman–Crippen LogP) is 14.4. The molecule has 49 heavy (non-hydrogen) atoms. The molecule has 10 rings (SSSR count). The Hall–Kier alpha value is -5.74. The van der Waals surface area contributed by atoms with Gasteiger partial charge in [0.1, 0.15) is 0 Å². The molecule has 0 saturated heterocycles. The average molecular weight is 660 g/mol. The molecular weight excluding hydrogens is 631 g/mol. The maximum Gasteiger partial charge on any atom is 0.0476 e. The standard InChI is InChI=1S/C46H29NS2/c1-2-8-30(9-3-1)33-16-14-32-15-17-34(27-35(32)26-33)31-18-20-36(21-19-31)47(37-22-24-41-39-10-4-6-12-43(39)48-45(41)28-37)38-23-25-42-40-11-5-7-13-44(40)49-46(42)29-38/h1-29H. The lowest BCUT2D eigenvalue weighted by Gasteiger charge is -2.26. The summed E-state index contributed by atoms with van der Waals surface area (Å²) in [7, 11) is 0. The van der Waals surface area contributed by atoms with Gasteiger partial charge >= 0.3 is 0 Å². The molecule has 0 N–H and O–H groups in total. The first-order valence-corrected chi connectivity index (χ1v) is 18.2. The summed E-state index contributed by atoms with van der Waals surface area (Å²) in [5, 5.41) is 7.76. The first-order chi connectivity index (χ1) is 24.2. The summed E-state index contributed by atoms with van der Waals surface area (Å²) in [5.41, 5.74) is 8.35. The highest BCUT2D eigenvalue weighted by atomic mass is 32.1. The summed E-state index contributed by atoms with van der Waals surface area (Å²) in [6.45, 7) is 0. The number of hydrogen-bond donors (Lipinski definition) is 0. The van der Waals surface area contributed by atoms with E-state index >= 15 is 0 Å². The molecular formula is C46H29NS2. The number of rotatable bonds is 5. The lowest BCUT2D eigenvalue weighted by atomic mass is 9.97. The van der Waals surface area contributed by atoms with Gasteiger partial charge in [-0.1, -0.05) is 115 Å². The van der Waals surface area contributed by atoms with E-state index in [-0.39, 0.29) is 0 Å². The van der Waals surface area contributed by atoms with Gasteiger partial charge in [0.2, 0.25) is 0 Å². The number of nitrogens with zero attached hydrogens (tertiary/aromatic N) is 1. The van der Waals surface area contributed by atoms with Crippen LogP contribution in [0.5, 0.6) is 0 Å². The summed E-state index contributed by atoms with van der Waals surface area (Å²) < 4.78 is 5.25. The predicted molar refractivity (Wildman–Crippen MR) is 215 cm³/mol. The van der Waals surface area contributed by atoms with E-state index in [0.717, 1.165) is 17.1 Å². The van der Waals surface area contributed by atoms with Crippen molar-refractivity contribution in [2.75, 3.05) is 4.90 Å². The second-order valence-electron chi connectivity index (χ2n) is 12.6. The third-order valence-corrected chi connectivity index (χ3v) is 11.9. The van der Waals surface area contributed by atoms with Crippen molar-refractivity contribution in [1.82, 2.24) is 0 Å². The zero-order valence-electron chi connectivity index (χ0n) is 26.5. The summed E-state index contributed by atoms with van der Waals surface area (Å²) in [4.78, 5) is 2.41. The van der Waals surface area contributed by atoms with E-state index in [1.807, 2.05) is 22.7 Å². The Kier molecular flexibility index (Phi) is 6.61. The van der Waals surface area contributed by atoms with E-state index < -0.39 is 0 Å². The van der Waals surface area contributed by atoms with Crippen LogP contribution >= 0.6 is 22.7 Å². The Balaban J connectivity index is 1.08. The molecule has 0 spiro atoms. The smallest absolute Gasteiger partial charge is 0.0476 e. The third-order valence-electron chi connectivity index (χ3n) is 9.65. The summed E-state index contributed by atoms with van der Waals surface area (Å²) >= 11 is 3.73. The second-order valence-corrected chi connectivity index (χ2v) is 14.7. The molecule has 2 aromatic heterocycles. The number of anilines is 3. The van der Waals surface area contributed by atoms with Crippen molar-refractivity contribution in [2.24, 2.45) is 0 Å². The van der Waals surface area contributed by atoms with Crippen LogP contribution in [0.4, 0.5) is 17.1 Å². The van der Waals surface area contributed by atoms with Crippen LogP contribution in [0, 0.1) is 0 Å². The first-order valence-electron chi connectivity index (χ1n) is 16.6. The van der Waals surface area contributed by atoms with Crippen LogP contribution in [-0.2, 0) is 0 Å². The molecule has 10 aromatic rings. The molecule has 0 bridgehead atoms. The van der Waals surface area contributed by atoms with E-state index in [2.05, 4.69) is 181 Å². The Labute approximate surface area is 292 Å². The van der Waals surface area contributed by atoms with Crippen molar-refractivity contribution in [3.05, 3.63) is 176 Å². The average Bonchev–Trinajstić information content (AvgIpc) is 3.73. The summed E-state index contributed by atoms with van der Waals surface area (Å²) in [5.74, 6) is 0. The molecule has 8 aromatic carbocycles. The highest BCUT2D eigenvalue weighted by Gasteiger charge is 2.17. The minimum Gasteiger partial charge on any atom is -0.310 e. The number of fused-ring (bicyclic) bond motifs is 7. The second kappa shape index (κ2) is 11.5. The topological polar surface area (TPSA) is 3.24 Å². The molecule has 3 heteroatoms. The van der Waals surface area contributed by atoms with Crippen LogP contribution in [0.2, 0.25) is 0 Å². The molecule has 0 amide bonds. The van der Waals surface area contributed by atoms with E-state index in [1.165, 1.54) is 73.4 Å². The fourth-order valence-corrected chi connectivity index (χ4v) is 9.47. The molecule has 0 unspecified atom stereocenters. The highest BCUT2D eigenvalue weighted by Crippen LogP contribution is 2.43. The van der Waals surface area contributed by atoms with Crippen molar-refractivity contribution < 1.29 is 0 Å². The van der Waals surface area contributed by atoms with Gasteiger partial charge in [0.15, 0.2) is 0 Å². The zero-order valence-corrected chi connectivity index (χ0v) is 28.1. The SMILES string of the molecule is c1ccc(-c2ccc3ccc(-c4ccc(N(c5ccc6c(c5)sc5ccccc56)c5ccc6c(c5)sc5ccccc56)cc4)cc3c2)cc1. The highest BCUT2D eigenvalue weighted by molar-refractivity contribution is 7.26. The Bertz CT molecular complexity index is 2710. The van der Waals surface area contributed by atoms with Crippen LogP contribution in [0.15, 0.2) is 176 Å². The Morgan fingerprint density at radius 1 is 0.286 bits per heavy atom. The maximum atomic E-state index is 2.41. The van der Waals surface area contributed by atoms with Gasteiger partial charge in [0.05, 0.1) is 0 Å². The molecule has 0 aliphatic heterocycles. The maximum absolute atomic E-state index is 2.41. The van der Waals surface area contributed by atoms with Gasteiger partial charge < -0.3 is 4.90 Å². The van der Waals surface area contributed by atoms with Gasteiger partial charge in [-0.2, -0.15) is 0 Å². The minimum absolute atomic E-state index is 1.14. The van der Waals surface area contributed by atoms with Gasteiger partial charge in [-0.15, -0.1) is 22.7 Å². The van der Waals surface area contributed by atoms with E-state index in [4.69, 9.17) is 0 Å². The van der Waals surface area contributed by atoms with Crippen LogP contribution in [-0.4, -0.2) is 0 Å². The summed E-state index contributed by atoms with van der Waals surface area (Å²) in [6, 6.07) is 64.5. The van der Waals surface area contributed by atoms with Crippen LogP contribution in [0.3, 0.4) is 0 Å². The molecule has 0 aliphatic rings. The molecule has 0 radical (unpaired) electrons. The molecule has 2 heterocycles. The van der Waals surface area contributed by atoms with Gasteiger partial charge in [-0.05, 0) is 93.7 Å². The quantitative estimate of drug-likeness (QED) is 0.178. The lowest BCUT2D eigenvalue weighted by Crippen LogP contribution is -2.09. The normalized spacial score (nSPS) is 11.7. The van der Waals surface area contributed by atoms with Crippen molar-refractivity contribution in [2.45, 2.75) is 0 Å². The van der Waals surface area contributed by atoms with Crippen molar-refractivity contribution in [1.29, 1.82) is 0 Å². The van der Waals surface area contributed by atoms with Crippen LogP contribution < -0.4 is 4.90 Å². The van der Waals surface area contributed by atoms with E-state index in [1.54, 1.807) is 0 Å². The zero-order chi connectivity index (χ0) is 32.3.